The lowest BCUT2D eigenvalue weighted by molar-refractivity contribution is 0.0507. The highest BCUT2D eigenvalue weighted by Crippen LogP contribution is 2.32. The van der Waals surface area contributed by atoms with Gasteiger partial charge in [-0.1, -0.05) is 24.3 Å². The topological polar surface area (TPSA) is 82.2 Å². The lowest BCUT2D eigenvalue weighted by Gasteiger charge is -2.39. The van der Waals surface area contributed by atoms with Crippen molar-refractivity contribution >= 4 is 22.6 Å². The third kappa shape index (κ3) is 4.01. The van der Waals surface area contributed by atoms with E-state index < -0.39 is 0 Å². The molecule has 172 valence electrons. The lowest BCUT2D eigenvalue weighted by atomic mass is 9.90. The molecule has 3 aromatic rings. The molecule has 2 fully saturated rings. The van der Waals surface area contributed by atoms with Gasteiger partial charge in [-0.25, -0.2) is 0 Å². The van der Waals surface area contributed by atoms with Gasteiger partial charge in [0.2, 0.25) is 0 Å². The molecule has 0 aliphatic carbocycles. The van der Waals surface area contributed by atoms with Crippen molar-refractivity contribution in [3.8, 4) is 0 Å². The third-order valence-corrected chi connectivity index (χ3v) is 7.39. The number of carbonyl (C=O) groups excluding carboxylic acids is 2. The number of aromatic amines is 1. The number of rotatable bonds is 3. The first-order valence-corrected chi connectivity index (χ1v) is 12.0. The van der Waals surface area contributed by atoms with Crippen molar-refractivity contribution < 1.29 is 9.59 Å². The highest BCUT2D eigenvalue weighted by molar-refractivity contribution is 6.05. The molecule has 4 heterocycles. The smallest absolute Gasteiger partial charge is 0.273 e. The minimum Gasteiger partial charge on any atom is -0.337 e. The minimum absolute atomic E-state index is 0.0258. The number of pyridine rings is 1. The summed E-state index contributed by atoms with van der Waals surface area (Å²) in [5.74, 6) is 0.241. The lowest BCUT2D eigenvalue weighted by Crippen LogP contribution is -2.47. The molecule has 2 amide bonds. The van der Waals surface area contributed by atoms with E-state index in [-0.39, 0.29) is 29.8 Å². The van der Waals surface area contributed by atoms with Crippen LogP contribution < -0.4 is 0 Å². The van der Waals surface area contributed by atoms with E-state index in [1.807, 2.05) is 40.1 Å². The van der Waals surface area contributed by atoms with Crippen molar-refractivity contribution in [2.45, 2.75) is 64.0 Å². The Balaban J connectivity index is 1.30. The number of H-pyrrole nitrogens is 1. The molecule has 2 aliphatic heterocycles. The van der Waals surface area contributed by atoms with Crippen molar-refractivity contribution in [1.82, 2.24) is 25.0 Å². The van der Waals surface area contributed by atoms with E-state index in [1.165, 1.54) is 6.42 Å². The van der Waals surface area contributed by atoms with Gasteiger partial charge in [-0.2, -0.15) is 5.10 Å². The molecule has 0 spiro atoms. The van der Waals surface area contributed by atoms with Gasteiger partial charge in [0.05, 0.1) is 17.5 Å². The van der Waals surface area contributed by atoms with Gasteiger partial charge in [-0.15, -0.1) is 0 Å². The number of fused-ring (bicyclic) bond motifs is 1. The number of likely N-dealkylation sites (tertiary alicyclic amines) is 2. The molecule has 2 aromatic heterocycles. The van der Waals surface area contributed by atoms with Gasteiger partial charge < -0.3 is 9.80 Å². The molecule has 2 aliphatic rings. The summed E-state index contributed by atoms with van der Waals surface area (Å²) in [7, 11) is 0. The fourth-order valence-corrected chi connectivity index (χ4v) is 5.55. The molecule has 0 saturated carbocycles. The van der Waals surface area contributed by atoms with Crippen LogP contribution in [0.1, 0.15) is 78.4 Å². The summed E-state index contributed by atoms with van der Waals surface area (Å²) in [6.45, 7) is 5.55. The molecule has 2 atom stereocenters. The molecule has 5 rings (SSSR count). The minimum atomic E-state index is -0.0258. The zero-order chi connectivity index (χ0) is 22.9. The number of aromatic nitrogens is 3. The van der Waals surface area contributed by atoms with Gasteiger partial charge in [0.1, 0.15) is 5.69 Å². The molecule has 1 aromatic carbocycles. The number of hydrogen-bond acceptors (Lipinski definition) is 4. The maximum absolute atomic E-state index is 13.4. The summed E-state index contributed by atoms with van der Waals surface area (Å²) in [5, 5.41) is 9.26. The van der Waals surface area contributed by atoms with E-state index in [0.717, 1.165) is 42.1 Å². The van der Waals surface area contributed by atoms with E-state index in [2.05, 4.69) is 29.0 Å². The second kappa shape index (κ2) is 8.96. The summed E-state index contributed by atoms with van der Waals surface area (Å²) < 4.78 is 0. The first kappa shape index (κ1) is 21.6. The number of carbonyl (C=O) groups is 2. The van der Waals surface area contributed by atoms with Crippen LogP contribution in [0.15, 0.2) is 42.7 Å². The molecule has 33 heavy (non-hydrogen) atoms. The van der Waals surface area contributed by atoms with Crippen molar-refractivity contribution in [2.75, 3.05) is 13.1 Å². The number of nitrogens with one attached hydrogen (secondary N) is 1. The highest BCUT2D eigenvalue weighted by atomic mass is 16.2. The Kier molecular flexibility index (Phi) is 5.87. The van der Waals surface area contributed by atoms with Crippen molar-refractivity contribution in [1.29, 1.82) is 0 Å². The highest BCUT2D eigenvalue weighted by Gasteiger charge is 2.34. The molecule has 7 nitrogen and oxygen atoms in total. The number of benzene rings is 1. The van der Waals surface area contributed by atoms with Gasteiger partial charge in [0.25, 0.3) is 11.8 Å². The fraction of sp³-hybridized carbons (Fsp3) is 0.462. The standard InChI is InChI=1S/C26H31N5O2/c1-17-6-5-7-18(2)31(17)25(32)22-16-28-29-23(22)20-11-14-30(15-12-20)26(33)24-21-9-4-3-8-19(21)10-13-27-24/h3-4,8-10,13,16-18,20H,5-7,11-12,14-15H2,1-2H3,(H,28,29)/t17-,18+. The van der Waals surface area contributed by atoms with Crippen LogP contribution >= 0.6 is 0 Å². The second-order valence-corrected chi connectivity index (χ2v) is 9.49. The summed E-state index contributed by atoms with van der Waals surface area (Å²) in [4.78, 5) is 35.0. The Labute approximate surface area is 194 Å². The summed E-state index contributed by atoms with van der Waals surface area (Å²) >= 11 is 0. The Hall–Kier alpha value is -3.22. The van der Waals surface area contributed by atoms with Crippen LogP contribution in [0, 0.1) is 0 Å². The Morgan fingerprint density at radius 1 is 0.970 bits per heavy atom. The molecule has 0 bridgehead atoms. The Morgan fingerprint density at radius 2 is 1.70 bits per heavy atom. The van der Waals surface area contributed by atoms with E-state index >= 15 is 0 Å². The van der Waals surface area contributed by atoms with Gasteiger partial charge >= 0.3 is 0 Å². The van der Waals surface area contributed by atoms with Gasteiger partial charge in [0, 0.05) is 42.7 Å². The second-order valence-electron chi connectivity index (χ2n) is 9.49. The van der Waals surface area contributed by atoms with E-state index in [1.54, 1.807) is 12.4 Å². The zero-order valence-electron chi connectivity index (χ0n) is 19.3. The predicted octanol–water partition coefficient (Wildman–Crippen LogP) is 4.38. The first-order valence-electron chi connectivity index (χ1n) is 12.0. The van der Waals surface area contributed by atoms with E-state index in [4.69, 9.17) is 0 Å². The average molecular weight is 446 g/mol. The summed E-state index contributed by atoms with van der Waals surface area (Å²) in [6.07, 6.45) is 8.24. The number of amides is 2. The third-order valence-electron chi connectivity index (χ3n) is 7.39. The van der Waals surface area contributed by atoms with Gasteiger partial charge in [-0.3, -0.25) is 19.7 Å². The molecular weight excluding hydrogens is 414 g/mol. The monoisotopic (exact) mass is 445 g/mol. The van der Waals surface area contributed by atoms with E-state index in [9.17, 15) is 9.59 Å². The molecule has 1 N–H and O–H groups in total. The Bertz CT molecular complexity index is 1150. The summed E-state index contributed by atoms with van der Waals surface area (Å²) in [5.41, 5.74) is 2.12. The molecule has 0 radical (unpaired) electrons. The van der Waals surface area contributed by atoms with Crippen LogP contribution in [-0.4, -0.2) is 62.0 Å². The molecule has 7 heteroatoms. The van der Waals surface area contributed by atoms with Gasteiger partial charge in [-0.05, 0) is 57.4 Å². The van der Waals surface area contributed by atoms with Crippen molar-refractivity contribution in [3.05, 3.63) is 59.7 Å². The number of nitrogens with zero attached hydrogens (tertiary/aromatic N) is 4. The van der Waals surface area contributed by atoms with Crippen LogP contribution in [0.25, 0.3) is 10.8 Å². The molecule has 2 saturated heterocycles. The van der Waals surface area contributed by atoms with Crippen molar-refractivity contribution in [2.24, 2.45) is 0 Å². The SMILES string of the molecule is C[C@@H]1CCC[C@H](C)N1C(=O)c1cn[nH]c1C1CCN(C(=O)c2nccc3ccccc23)CC1. The Morgan fingerprint density at radius 3 is 2.45 bits per heavy atom. The predicted molar refractivity (Wildman–Crippen MR) is 127 cm³/mol. The molecular formula is C26H31N5O2. The first-order chi connectivity index (χ1) is 16.0. The number of hydrogen-bond donors (Lipinski definition) is 1. The maximum Gasteiger partial charge on any atom is 0.273 e. The van der Waals surface area contributed by atoms with Gasteiger partial charge in [0.15, 0.2) is 0 Å². The summed E-state index contributed by atoms with van der Waals surface area (Å²) in [6, 6.07) is 10.3. The fourth-order valence-electron chi connectivity index (χ4n) is 5.55. The molecule has 0 unspecified atom stereocenters. The number of piperidine rings is 2. The maximum atomic E-state index is 13.4. The van der Waals surface area contributed by atoms with Crippen molar-refractivity contribution in [3.63, 3.8) is 0 Å². The van der Waals surface area contributed by atoms with Crippen LogP contribution in [0.5, 0.6) is 0 Å². The quantitative estimate of drug-likeness (QED) is 0.649. The van der Waals surface area contributed by atoms with Crippen LogP contribution in [0.4, 0.5) is 0 Å². The van der Waals surface area contributed by atoms with Crippen LogP contribution in [0.3, 0.4) is 0 Å². The average Bonchev–Trinajstić information content (AvgIpc) is 3.33. The van der Waals surface area contributed by atoms with E-state index in [0.29, 0.717) is 24.3 Å². The zero-order valence-corrected chi connectivity index (χ0v) is 19.3. The normalized spacial score (nSPS) is 22.0. The van der Waals surface area contributed by atoms with Crippen LogP contribution in [-0.2, 0) is 0 Å². The van der Waals surface area contributed by atoms with Crippen LogP contribution in [0.2, 0.25) is 0 Å². The largest absolute Gasteiger partial charge is 0.337 e.